The summed E-state index contributed by atoms with van der Waals surface area (Å²) in [6.07, 6.45) is 8.36. The fourth-order valence-corrected chi connectivity index (χ4v) is 8.65. The molecule has 0 fully saturated rings. The van der Waals surface area contributed by atoms with Crippen LogP contribution in [0.2, 0.25) is 0 Å². The van der Waals surface area contributed by atoms with Crippen LogP contribution in [0, 0.1) is 0 Å². The molecule has 0 bridgehead atoms. The van der Waals surface area contributed by atoms with Crippen molar-refractivity contribution in [3.63, 3.8) is 0 Å². The first-order valence-electron chi connectivity index (χ1n) is 19.7. The highest BCUT2D eigenvalue weighted by Crippen LogP contribution is 2.39. The minimum atomic E-state index is -0.105. The standard InChI is InChI=1S/C48H47BN4O2/c1-28(2)36-12-9-13-37(29(3)4)46(36)32-24-50-52(26-32)34-18-20-42-40(22-34)49-41-23-35(19-21-43(41)55-45-17-11-16-44(54-42)48(45)49)53-27-33(25-51-53)47-38(30(5)6)14-10-15-39(47)31(7)8/h9-31H,1-8H3. The topological polar surface area (TPSA) is 54.1 Å². The fraction of sp³-hybridized carbons (Fsp3) is 0.250. The Kier molecular flexibility index (Phi) is 8.56. The Hall–Kier alpha value is -5.82. The molecule has 274 valence electrons. The van der Waals surface area contributed by atoms with Crippen LogP contribution in [0.4, 0.5) is 0 Å². The predicted molar refractivity (Wildman–Crippen MR) is 226 cm³/mol. The highest BCUT2D eigenvalue weighted by Gasteiger charge is 2.40. The van der Waals surface area contributed by atoms with E-state index < -0.39 is 0 Å². The van der Waals surface area contributed by atoms with Crippen molar-refractivity contribution >= 4 is 23.1 Å². The summed E-state index contributed by atoms with van der Waals surface area (Å²) in [6.45, 7) is 18.0. The Morgan fingerprint density at radius 3 is 1.24 bits per heavy atom. The molecule has 0 unspecified atom stereocenters. The van der Waals surface area contributed by atoms with Gasteiger partial charge in [-0.2, -0.15) is 10.2 Å². The van der Waals surface area contributed by atoms with Crippen molar-refractivity contribution in [2.24, 2.45) is 0 Å². The molecule has 7 aromatic rings. The molecule has 2 aromatic heterocycles. The maximum absolute atomic E-state index is 6.59. The van der Waals surface area contributed by atoms with Gasteiger partial charge in [-0.05, 0) is 117 Å². The number of fused-ring (bicyclic) bond motifs is 4. The molecule has 2 aliphatic heterocycles. The number of hydrogen-bond donors (Lipinski definition) is 0. The van der Waals surface area contributed by atoms with E-state index in [9.17, 15) is 0 Å². The van der Waals surface area contributed by atoms with Gasteiger partial charge in [0, 0.05) is 29.0 Å². The van der Waals surface area contributed by atoms with Crippen molar-refractivity contribution in [2.45, 2.75) is 79.1 Å². The van der Waals surface area contributed by atoms with Crippen molar-refractivity contribution in [1.29, 1.82) is 0 Å². The van der Waals surface area contributed by atoms with Crippen LogP contribution in [0.1, 0.15) is 101 Å². The van der Waals surface area contributed by atoms with Gasteiger partial charge < -0.3 is 9.47 Å². The number of ether oxygens (including phenoxy) is 2. The van der Waals surface area contributed by atoms with E-state index in [-0.39, 0.29) is 6.71 Å². The Morgan fingerprint density at radius 2 is 0.855 bits per heavy atom. The van der Waals surface area contributed by atoms with Crippen molar-refractivity contribution in [1.82, 2.24) is 19.6 Å². The van der Waals surface area contributed by atoms with E-state index in [1.54, 1.807) is 0 Å². The molecule has 0 radical (unpaired) electrons. The van der Waals surface area contributed by atoms with Crippen LogP contribution in [0.5, 0.6) is 23.0 Å². The second-order valence-electron chi connectivity index (χ2n) is 16.3. The van der Waals surface area contributed by atoms with Crippen LogP contribution in [-0.2, 0) is 0 Å². The maximum atomic E-state index is 6.59. The fourth-order valence-electron chi connectivity index (χ4n) is 8.65. The Morgan fingerprint density at radius 1 is 0.473 bits per heavy atom. The van der Waals surface area contributed by atoms with E-state index in [2.05, 4.69) is 141 Å². The lowest BCUT2D eigenvalue weighted by atomic mass is 9.35. The van der Waals surface area contributed by atoms with E-state index in [0.29, 0.717) is 23.7 Å². The van der Waals surface area contributed by atoms with E-state index in [0.717, 1.165) is 61.9 Å². The second-order valence-corrected chi connectivity index (χ2v) is 16.3. The monoisotopic (exact) mass is 722 g/mol. The zero-order valence-electron chi connectivity index (χ0n) is 33.0. The first kappa shape index (κ1) is 34.9. The largest absolute Gasteiger partial charge is 0.458 e. The van der Waals surface area contributed by atoms with Gasteiger partial charge in [0.2, 0.25) is 0 Å². The second kappa shape index (κ2) is 13.5. The molecule has 0 N–H and O–H groups in total. The summed E-state index contributed by atoms with van der Waals surface area (Å²) in [6, 6.07) is 32.3. The number of aromatic nitrogens is 4. The van der Waals surface area contributed by atoms with Gasteiger partial charge in [0.25, 0.3) is 6.71 Å². The van der Waals surface area contributed by atoms with Crippen LogP contribution < -0.4 is 25.9 Å². The average Bonchev–Trinajstić information content (AvgIpc) is 3.88. The van der Waals surface area contributed by atoms with Gasteiger partial charge in [-0.25, -0.2) is 9.36 Å². The number of nitrogens with zero attached hydrogens (tertiary/aromatic N) is 4. The van der Waals surface area contributed by atoms with E-state index in [1.807, 2.05) is 40.0 Å². The summed E-state index contributed by atoms with van der Waals surface area (Å²) < 4.78 is 17.2. The molecule has 0 amide bonds. The summed E-state index contributed by atoms with van der Waals surface area (Å²) in [5, 5.41) is 9.88. The van der Waals surface area contributed by atoms with Gasteiger partial charge in [0.05, 0.1) is 23.8 Å². The minimum Gasteiger partial charge on any atom is -0.458 e. The first-order chi connectivity index (χ1) is 26.6. The Labute approximate surface area is 324 Å². The van der Waals surface area contributed by atoms with Gasteiger partial charge >= 0.3 is 0 Å². The third-order valence-corrected chi connectivity index (χ3v) is 11.4. The molecule has 0 spiro atoms. The molecule has 4 heterocycles. The zero-order chi connectivity index (χ0) is 38.1. The lowest BCUT2D eigenvalue weighted by Crippen LogP contribution is -2.57. The molecule has 5 aromatic carbocycles. The Balaban J connectivity index is 1.14. The van der Waals surface area contributed by atoms with Crippen LogP contribution in [0.25, 0.3) is 33.6 Å². The number of hydrogen-bond acceptors (Lipinski definition) is 4. The zero-order valence-corrected chi connectivity index (χ0v) is 33.0. The summed E-state index contributed by atoms with van der Waals surface area (Å²) >= 11 is 0. The lowest BCUT2D eigenvalue weighted by Gasteiger charge is -2.33. The highest BCUT2D eigenvalue weighted by atomic mass is 16.5. The summed E-state index contributed by atoms with van der Waals surface area (Å²) in [4.78, 5) is 0. The minimum absolute atomic E-state index is 0.105. The molecular weight excluding hydrogens is 675 g/mol. The van der Waals surface area contributed by atoms with Crippen LogP contribution in [-0.4, -0.2) is 26.3 Å². The van der Waals surface area contributed by atoms with Crippen molar-refractivity contribution < 1.29 is 9.47 Å². The van der Waals surface area contributed by atoms with Crippen molar-refractivity contribution in [3.8, 4) is 56.6 Å². The first-order valence-corrected chi connectivity index (χ1v) is 19.7. The molecule has 6 nitrogen and oxygen atoms in total. The van der Waals surface area contributed by atoms with Gasteiger partial charge in [-0.3, -0.25) is 0 Å². The van der Waals surface area contributed by atoms with E-state index >= 15 is 0 Å². The van der Waals surface area contributed by atoms with Gasteiger partial charge in [0.1, 0.15) is 23.0 Å². The third kappa shape index (κ3) is 5.88. The molecular formula is C48H47BN4O2. The molecule has 0 atom stereocenters. The molecule has 9 rings (SSSR count). The summed E-state index contributed by atoms with van der Waals surface area (Å²) in [5.74, 6) is 4.90. The van der Waals surface area contributed by atoms with Crippen LogP contribution in [0.15, 0.2) is 116 Å². The van der Waals surface area contributed by atoms with Crippen molar-refractivity contribution in [3.05, 3.63) is 138 Å². The smallest absolute Gasteiger partial charge is 0.260 e. The van der Waals surface area contributed by atoms with Crippen LogP contribution >= 0.6 is 0 Å². The highest BCUT2D eigenvalue weighted by molar-refractivity contribution is 6.98. The number of benzene rings is 5. The molecule has 55 heavy (non-hydrogen) atoms. The van der Waals surface area contributed by atoms with E-state index in [4.69, 9.17) is 19.7 Å². The average molecular weight is 723 g/mol. The van der Waals surface area contributed by atoms with Gasteiger partial charge in [0.15, 0.2) is 0 Å². The summed E-state index contributed by atoms with van der Waals surface area (Å²) in [7, 11) is 0. The quantitative estimate of drug-likeness (QED) is 0.147. The molecule has 0 saturated carbocycles. The Bertz CT molecular complexity index is 2370. The van der Waals surface area contributed by atoms with Crippen LogP contribution in [0.3, 0.4) is 0 Å². The maximum Gasteiger partial charge on any atom is 0.260 e. The van der Waals surface area contributed by atoms with E-state index in [1.165, 1.54) is 33.4 Å². The SMILES string of the molecule is CC(C)c1cccc(C(C)C)c1-c1cnn(-c2ccc3c(c2)B2c4cc(-n5cc(-c6c(C(C)C)cccc6C(C)C)cn5)ccc4Oc4cccc(c42)O3)c1. The lowest BCUT2D eigenvalue weighted by molar-refractivity contribution is 0.464. The number of rotatable bonds is 8. The van der Waals surface area contributed by atoms with Gasteiger partial charge in [-0.1, -0.05) is 97.9 Å². The molecule has 2 aliphatic rings. The normalized spacial score (nSPS) is 12.9. The predicted octanol–water partition coefficient (Wildman–Crippen LogP) is 10.6. The molecule has 0 saturated heterocycles. The summed E-state index contributed by atoms with van der Waals surface area (Å²) in [5.41, 5.74) is 15.4. The van der Waals surface area contributed by atoms with Gasteiger partial charge in [-0.15, -0.1) is 0 Å². The third-order valence-electron chi connectivity index (χ3n) is 11.4. The molecule has 0 aliphatic carbocycles. The van der Waals surface area contributed by atoms with Crippen molar-refractivity contribution in [2.75, 3.05) is 0 Å². The molecule has 7 heteroatoms.